The zero-order valence-electron chi connectivity index (χ0n) is 15.6. The number of nitrogens with one attached hydrogen (secondary N) is 1. The molecule has 1 aliphatic heterocycles. The van der Waals surface area contributed by atoms with E-state index < -0.39 is 17.6 Å². The van der Waals surface area contributed by atoms with E-state index >= 15 is 0 Å². The summed E-state index contributed by atoms with van der Waals surface area (Å²) in [6.07, 6.45) is 0.403. The number of carbonyl (C=O) groups excluding carboxylic acids is 2. The molecular weight excluding hydrogens is 366 g/mol. The maximum absolute atomic E-state index is 12.5. The van der Waals surface area contributed by atoms with Gasteiger partial charge in [-0.2, -0.15) is 11.8 Å². The fourth-order valence-electron chi connectivity index (χ4n) is 2.37. The van der Waals surface area contributed by atoms with E-state index in [2.05, 4.69) is 30.3 Å². The molecule has 1 heterocycles. The molecule has 0 bridgehead atoms. The Morgan fingerprint density at radius 3 is 2.37 bits per heavy atom. The summed E-state index contributed by atoms with van der Waals surface area (Å²) in [6, 6.07) is 5.86. The summed E-state index contributed by atoms with van der Waals surface area (Å²) in [5.74, 6) is 6.04. The summed E-state index contributed by atoms with van der Waals surface area (Å²) in [6.45, 7) is 6.02. The van der Waals surface area contributed by atoms with Gasteiger partial charge in [-0.15, -0.1) is 13.2 Å². The second-order valence-electron chi connectivity index (χ2n) is 5.54. The summed E-state index contributed by atoms with van der Waals surface area (Å²) in [5, 5.41) is 11.4. The van der Waals surface area contributed by atoms with Gasteiger partial charge in [0.15, 0.2) is 6.04 Å². The lowest BCUT2D eigenvalue weighted by Crippen LogP contribution is -2.65. The monoisotopic (exact) mass is 391 g/mol. The average Bonchev–Trinajstić information content (AvgIpc) is 2.68. The largest absolute Gasteiger partial charge is 0.467 e. The van der Waals surface area contributed by atoms with Crippen LogP contribution in [-0.4, -0.2) is 61.0 Å². The van der Waals surface area contributed by atoms with Crippen molar-refractivity contribution in [3.05, 3.63) is 48.6 Å². The SMILES string of the molecule is C=C.COC(=O)C(NC(=O)c1ccc(C#CCCO)cc1)C1(OC)CSC1. The summed E-state index contributed by atoms with van der Waals surface area (Å²) in [5.41, 5.74) is 0.432. The average molecular weight is 391 g/mol. The third-order valence-corrected chi connectivity index (χ3v) is 5.34. The minimum absolute atomic E-state index is 0.0158. The van der Waals surface area contributed by atoms with Gasteiger partial charge in [-0.05, 0) is 24.3 Å². The molecule has 0 radical (unpaired) electrons. The predicted molar refractivity (Wildman–Crippen MR) is 107 cm³/mol. The van der Waals surface area contributed by atoms with Crippen LogP contribution in [0.15, 0.2) is 37.4 Å². The molecule has 27 heavy (non-hydrogen) atoms. The summed E-state index contributed by atoms with van der Waals surface area (Å²) in [7, 11) is 2.82. The van der Waals surface area contributed by atoms with Crippen LogP contribution in [0.25, 0.3) is 0 Å². The lowest BCUT2D eigenvalue weighted by Gasteiger charge is -2.44. The summed E-state index contributed by atoms with van der Waals surface area (Å²) < 4.78 is 10.3. The van der Waals surface area contributed by atoms with Gasteiger partial charge < -0.3 is 19.9 Å². The molecule has 0 aliphatic carbocycles. The second-order valence-corrected chi connectivity index (χ2v) is 6.53. The number of hydrogen-bond donors (Lipinski definition) is 2. The highest BCUT2D eigenvalue weighted by atomic mass is 32.2. The molecule has 1 unspecified atom stereocenters. The van der Waals surface area contributed by atoms with E-state index in [4.69, 9.17) is 14.6 Å². The number of hydrogen-bond acceptors (Lipinski definition) is 6. The number of esters is 1. The number of aliphatic hydroxyl groups excluding tert-OH is 1. The molecule has 1 atom stereocenters. The zero-order chi connectivity index (χ0) is 20.3. The van der Waals surface area contributed by atoms with Gasteiger partial charge in [0.1, 0.15) is 5.60 Å². The molecule has 1 aromatic carbocycles. The molecule has 2 N–H and O–H groups in total. The predicted octanol–water partition coefficient (Wildman–Crippen LogP) is 1.63. The molecule has 1 fully saturated rings. The van der Waals surface area contributed by atoms with Crippen molar-refractivity contribution in [2.75, 3.05) is 32.3 Å². The smallest absolute Gasteiger partial charge is 0.331 e. The number of benzene rings is 1. The highest BCUT2D eigenvalue weighted by molar-refractivity contribution is 8.00. The maximum atomic E-state index is 12.5. The Kier molecular flexibility index (Phi) is 9.65. The van der Waals surface area contributed by atoms with Crippen LogP contribution in [0.1, 0.15) is 22.3 Å². The number of aliphatic hydroxyl groups is 1. The second kappa shape index (κ2) is 11.4. The van der Waals surface area contributed by atoms with E-state index in [9.17, 15) is 9.59 Å². The molecule has 2 rings (SSSR count). The molecule has 1 aliphatic rings. The normalized spacial score (nSPS) is 14.9. The van der Waals surface area contributed by atoms with Crippen LogP contribution < -0.4 is 5.32 Å². The minimum atomic E-state index is -0.861. The van der Waals surface area contributed by atoms with E-state index in [1.54, 1.807) is 36.0 Å². The van der Waals surface area contributed by atoms with Crippen molar-refractivity contribution in [2.24, 2.45) is 0 Å². The van der Waals surface area contributed by atoms with Gasteiger partial charge in [-0.3, -0.25) is 4.79 Å². The first-order valence-corrected chi connectivity index (χ1v) is 9.43. The summed E-state index contributed by atoms with van der Waals surface area (Å²) >= 11 is 1.64. The molecule has 6 nitrogen and oxygen atoms in total. The van der Waals surface area contributed by atoms with Gasteiger partial charge in [0, 0.05) is 36.2 Å². The van der Waals surface area contributed by atoms with Crippen LogP contribution >= 0.6 is 11.8 Å². The first-order valence-electron chi connectivity index (χ1n) is 8.27. The molecule has 0 spiro atoms. The number of carbonyl (C=O) groups is 2. The first kappa shape index (κ1) is 22.8. The van der Waals surface area contributed by atoms with Gasteiger partial charge in [0.2, 0.25) is 0 Å². The van der Waals surface area contributed by atoms with Crippen LogP contribution in [0, 0.1) is 11.8 Å². The Morgan fingerprint density at radius 2 is 1.93 bits per heavy atom. The van der Waals surface area contributed by atoms with E-state index in [1.807, 2.05) is 0 Å². The number of amides is 1. The maximum Gasteiger partial charge on any atom is 0.331 e. The summed E-state index contributed by atoms with van der Waals surface area (Å²) in [4.78, 5) is 24.6. The molecule has 1 amide bonds. The van der Waals surface area contributed by atoms with Crippen molar-refractivity contribution < 1.29 is 24.2 Å². The quantitative estimate of drug-likeness (QED) is 0.436. The lowest BCUT2D eigenvalue weighted by molar-refractivity contribution is -0.150. The first-order chi connectivity index (χ1) is 13.1. The van der Waals surface area contributed by atoms with Gasteiger partial charge in [0.05, 0.1) is 13.7 Å². The molecular formula is C20H25NO5S. The van der Waals surface area contributed by atoms with Crippen LogP contribution in [0.4, 0.5) is 0 Å². The van der Waals surface area contributed by atoms with E-state index in [0.29, 0.717) is 23.5 Å². The topological polar surface area (TPSA) is 84.9 Å². The number of thioether (sulfide) groups is 1. The third-order valence-electron chi connectivity index (χ3n) is 3.95. The third kappa shape index (κ3) is 5.86. The Hall–Kier alpha value is -2.27. The van der Waals surface area contributed by atoms with Gasteiger partial charge >= 0.3 is 5.97 Å². The van der Waals surface area contributed by atoms with E-state index in [-0.39, 0.29) is 12.5 Å². The standard InChI is InChI=1S/C18H21NO5S.C2H4/c1-23-17(22)15(18(24-2)11-25-12-18)19-16(21)14-8-6-13(7-9-14)5-3-4-10-20;1-2/h6-9,15,20H,4,10-12H2,1-2H3,(H,19,21);1-2H2. The Balaban J connectivity index is 0.00000176. The lowest BCUT2D eigenvalue weighted by atomic mass is 9.96. The van der Waals surface area contributed by atoms with Crippen LogP contribution in [0.5, 0.6) is 0 Å². The van der Waals surface area contributed by atoms with E-state index in [1.165, 1.54) is 14.2 Å². The Labute approximate surface area is 164 Å². The number of ether oxygens (including phenoxy) is 2. The highest BCUT2D eigenvalue weighted by Gasteiger charge is 2.50. The van der Waals surface area contributed by atoms with Crippen LogP contribution in [0.3, 0.4) is 0 Å². The Bertz CT molecular complexity index is 683. The number of rotatable bonds is 6. The number of methoxy groups -OCH3 is 2. The molecule has 7 heteroatoms. The fourth-order valence-corrected chi connectivity index (χ4v) is 3.54. The highest BCUT2D eigenvalue weighted by Crippen LogP contribution is 2.36. The minimum Gasteiger partial charge on any atom is -0.467 e. The van der Waals surface area contributed by atoms with Crippen LogP contribution in [0.2, 0.25) is 0 Å². The zero-order valence-corrected chi connectivity index (χ0v) is 16.4. The fraction of sp³-hybridized carbons (Fsp3) is 0.400. The van der Waals surface area contributed by atoms with Crippen molar-refractivity contribution in [2.45, 2.75) is 18.1 Å². The van der Waals surface area contributed by atoms with Gasteiger partial charge in [0.25, 0.3) is 5.91 Å². The van der Waals surface area contributed by atoms with Crippen molar-refractivity contribution in [3.8, 4) is 11.8 Å². The molecule has 146 valence electrons. The van der Waals surface area contributed by atoms with Gasteiger partial charge in [-0.1, -0.05) is 11.8 Å². The van der Waals surface area contributed by atoms with Crippen LogP contribution in [-0.2, 0) is 14.3 Å². The molecule has 1 aromatic rings. The van der Waals surface area contributed by atoms with Crippen molar-refractivity contribution >= 4 is 23.6 Å². The molecule has 1 saturated heterocycles. The van der Waals surface area contributed by atoms with Crippen molar-refractivity contribution in [1.29, 1.82) is 0 Å². The molecule has 0 aromatic heterocycles. The van der Waals surface area contributed by atoms with Crippen molar-refractivity contribution in [3.63, 3.8) is 0 Å². The van der Waals surface area contributed by atoms with E-state index in [0.717, 1.165) is 5.56 Å². The van der Waals surface area contributed by atoms with Gasteiger partial charge in [-0.25, -0.2) is 4.79 Å². The Morgan fingerprint density at radius 1 is 1.30 bits per heavy atom. The van der Waals surface area contributed by atoms with Crippen molar-refractivity contribution in [1.82, 2.24) is 5.32 Å². The molecule has 0 saturated carbocycles.